The average Bonchev–Trinajstić information content (AvgIpc) is 2.74. The van der Waals surface area contributed by atoms with Crippen molar-refractivity contribution in [2.45, 2.75) is 32.9 Å². The second-order valence-corrected chi connectivity index (χ2v) is 5.68. The molecule has 1 unspecified atom stereocenters. The van der Waals surface area contributed by atoms with Crippen molar-refractivity contribution < 1.29 is 9.50 Å². The molecule has 0 amide bonds. The topological polar surface area (TPSA) is 38.1 Å². The Labute approximate surface area is 120 Å². The summed E-state index contributed by atoms with van der Waals surface area (Å²) >= 11 is 3.40. The molecule has 5 heteroatoms. The number of benzene rings is 1. The van der Waals surface area contributed by atoms with Crippen LogP contribution in [0, 0.1) is 12.7 Å². The molecule has 1 heterocycles. The van der Waals surface area contributed by atoms with E-state index >= 15 is 0 Å². The number of halogens is 2. The Bertz CT molecular complexity index is 595. The molecule has 0 fully saturated rings. The van der Waals surface area contributed by atoms with Crippen molar-refractivity contribution in [1.29, 1.82) is 0 Å². The highest BCUT2D eigenvalue weighted by atomic mass is 79.9. The molecule has 0 spiro atoms. The van der Waals surface area contributed by atoms with Crippen LogP contribution in [0.2, 0.25) is 0 Å². The number of rotatable bonds is 3. The molecule has 1 aromatic carbocycles. The third kappa shape index (κ3) is 2.72. The number of hydrogen-bond donors (Lipinski definition) is 1. The molecule has 1 N–H and O–H groups in total. The molecule has 1 aromatic heterocycles. The van der Waals surface area contributed by atoms with Gasteiger partial charge in [-0.2, -0.15) is 5.10 Å². The first kappa shape index (κ1) is 14.2. The van der Waals surface area contributed by atoms with Gasteiger partial charge in [-0.1, -0.05) is 12.1 Å². The molecule has 3 nitrogen and oxygen atoms in total. The van der Waals surface area contributed by atoms with E-state index in [1.54, 1.807) is 29.9 Å². The van der Waals surface area contributed by atoms with Crippen LogP contribution in [0.5, 0.6) is 0 Å². The van der Waals surface area contributed by atoms with Gasteiger partial charge in [-0.15, -0.1) is 0 Å². The Hall–Kier alpha value is -1.20. The van der Waals surface area contributed by atoms with Gasteiger partial charge in [0, 0.05) is 6.04 Å². The molecule has 0 aliphatic rings. The highest BCUT2D eigenvalue weighted by molar-refractivity contribution is 9.10. The van der Waals surface area contributed by atoms with Gasteiger partial charge in [-0.3, -0.25) is 4.68 Å². The van der Waals surface area contributed by atoms with Crippen LogP contribution in [-0.2, 0) is 0 Å². The Balaban J connectivity index is 2.46. The predicted molar refractivity (Wildman–Crippen MR) is 75.5 cm³/mol. The molecule has 102 valence electrons. The van der Waals surface area contributed by atoms with E-state index in [1.807, 2.05) is 13.8 Å². The first-order valence-electron chi connectivity index (χ1n) is 6.08. The number of nitrogens with zero attached hydrogens (tertiary/aromatic N) is 2. The minimum atomic E-state index is -0.835. The van der Waals surface area contributed by atoms with Crippen molar-refractivity contribution in [2.24, 2.45) is 0 Å². The average molecular weight is 327 g/mol. The molecule has 0 aliphatic carbocycles. The maximum Gasteiger partial charge on any atom is 0.126 e. The molecule has 0 aliphatic heterocycles. The van der Waals surface area contributed by atoms with Crippen LogP contribution in [0.4, 0.5) is 4.39 Å². The second-order valence-electron chi connectivity index (χ2n) is 4.83. The third-order valence-electron chi connectivity index (χ3n) is 3.03. The summed E-state index contributed by atoms with van der Waals surface area (Å²) in [6.45, 7) is 5.66. The lowest BCUT2D eigenvalue weighted by Gasteiger charge is -2.17. The SMILES string of the molecule is Cc1cc(C(O)c2c(Br)cnn2C(C)C)ccc1F. The quantitative estimate of drug-likeness (QED) is 0.932. The number of aliphatic hydroxyl groups is 1. The zero-order chi connectivity index (χ0) is 14.2. The Morgan fingerprint density at radius 2 is 2.05 bits per heavy atom. The van der Waals surface area contributed by atoms with E-state index < -0.39 is 6.10 Å². The molecular weight excluding hydrogens is 311 g/mol. The minimum Gasteiger partial charge on any atom is -0.382 e. The maximum atomic E-state index is 13.3. The van der Waals surface area contributed by atoms with Crippen LogP contribution in [-0.4, -0.2) is 14.9 Å². The largest absolute Gasteiger partial charge is 0.382 e. The van der Waals surface area contributed by atoms with E-state index in [2.05, 4.69) is 21.0 Å². The van der Waals surface area contributed by atoms with Gasteiger partial charge in [0.1, 0.15) is 11.9 Å². The summed E-state index contributed by atoms with van der Waals surface area (Å²) in [5.41, 5.74) is 1.85. The zero-order valence-corrected chi connectivity index (χ0v) is 12.6. The van der Waals surface area contributed by atoms with Gasteiger partial charge in [0.25, 0.3) is 0 Å². The van der Waals surface area contributed by atoms with Crippen molar-refractivity contribution in [3.05, 3.63) is 51.5 Å². The molecule has 2 rings (SSSR count). The molecule has 0 radical (unpaired) electrons. The Morgan fingerprint density at radius 3 is 2.63 bits per heavy atom. The van der Waals surface area contributed by atoms with Crippen LogP contribution in [0.3, 0.4) is 0 Å². The van der Waals surface area contributed by atoms with Crippen molar-refractivity contribution in [2.75, 3.05) is 0 Å². The second kappa shape index (κ2) is 5.43. The highest BCUT2D eigenvalue weighted by Gasteiger charge is 2.21. The standard InChI is InChI=1S/C14H16BrFN2O/c1-8(2)18-13(11(15)7-17-18)14(19)10-4-5-12(16)9(3)6-10/h4-8,14,19H,1-3H3. The van der Waals surface area contributed by atoms with Gasteiger partial charge in [-0.05, 0) is 53.9 Å². The van der Waals surface area contributed by atoms with Gasteiger partial charge in [0.2, 0.25) is 0 Å². The number of aryl methyl sites for hydroxylation is 1. The summed E-state index contributed by atoms with van der Waals surface area (Å²) in [7, 11) is 0. The van der Waals surface area contributed by atoms with Crippen molar-refractivity contribution in [3.8, 4) is 0 Å². The minimum absolute atomic E-state index is 0.137. The van der Waals surface area contributed by atoms with Crippen LogP contribution in [0.1, 0.15) is 42.8 Å². The van der Waals surface area contributed by atoms with Crippen molar-refractivity contribution >= 4 is 15.9 Å². The van der Waals surface area contributed by atoms with E-state index in [4.69, 9.17) is 0 Å². The summed E-state index contributed by atoms with van der Waals surface area (Å²) in [6.07, 6.45) is 0.827. The van der Waals surface area contributed by atoms with Crippen LogP contribution >= 0.6 is 15.9 Å². The smallest absolute Gasteiger partial charge is 0.126 e. The van der Waals surface area contributed by atoms with E-state index in [-0.39, 0.29) is 11.9 Å². The first-order chi connectivity index (χ1) is 8.91. The summed E-state index contributed by atoms with van der Waals surface area (Å²) in [5, 5.41) is 14.7. The first-order valence-corrected chi connectivity index (χ1v) is 6.88. The summed E-state index contributed by atoms with van der Waals surface area (Å²) in [6, 6.07) is 4.76. The van der Waals surface area contributed by atoms with Gasteiger partial charge < -0.3 is 5.11 Å². The van der Waals surface area contributed by atoms with Crippen molar-refractivity contribution in [1.82, 2.24) is 9.78 Å². The normalized spacial score (nSPS) is 13.0. The summed E-state index contributed by atoms with van der Waals surface area (Å²) < 4.78 is 15.8. The molecule has 2 aromatic rings. The number of hydrogen-bond acceptors (Lipinski definition) is 2. The number of aromatic nitrogens is 2. The van der Waals surface area contributed by atoms with Gasteiger partial charge >= 0.3 is 0 Å². The fourth-order valence-electron chi connectivity index (χ4n) is 2.01. The molecular formula is C14H16BrFN2O. The van der Waals surface area contributed by atoms with E-state index in [0.717, 1.165) is 4.47 Å². The lowest BCUT2D eigenvalue weighted by atomic mass is 10.0. The Morgan fingerprint density at radius 1 is 1.37 bits per heavy atom. The summed E-state index contributed by atoms with van der Waals surface area (Å²) in [4.78, 5) is 0. The third-order valence-corrected chi connectivity index (χ3v) is 3.64. The van der Waals surface area contributed by atoms with Gasteiger partial charge in [-0.25, -0.2) is 4.39 Å². The summed E-state index contributed by atoms with van der Waals surface area (Å²) in [5.74, 6) is -0.271. The fraction of sp³-hybridized carbons (Fsp3) is 0.357. The lowest BCUT2D eigenvalue weighted by molar-refractivity contribution is 0.204. The lowest BCUT2D eigenvalue weighted by Crippen LogP contribution is -2.12. The molecule has 19 heavy (non-hydrogen) atoms. The van der Waals surface area contributed by atoms with E-state index in [0.29, 0.717) is 16.8 Å². The highest BCUT2D eigenvalue weighted by Crippen LogP contribution is 2.30. The van der Waals surface area contributed by atoms with Crippen molar-refractivity contribution in [3.63, 3.8) is 0 Å². The van der Waals surface area contributed by atoms with Gasteiger partial charge in [0.05, 0.1) is 16.4 Å². The molecule has 1 atom stereocenters. The van der Waals surface area contributed by atoms with Gasteiger partial charge in [0.15, 0.2) is 0 Å². The molecule has 0 saturated heterocycles. The van der Waals surface area contributed by atoms with E-state index in [9.17, 15) is 9.50 Å². The zero-order valence-electron chi connectivity index (χ0n) is 11.1. The predicted octanol–water partition coefficient (Wildman–Crippen LogP) is 3.76. The number of aliphatic hydroxyl groups excluding tert-OH is 1. The molecule has 0 saturated carbocycles. The van der Waals surface area contributed by atoms with E-state index in [1.165, 1.54) is 6.07 Å². The monoisotopic (exact) mass is 326 g/mol. The van der Waals surface area contributed by atoms with Crippen LogP contribution in [0.25, 0.3) is 0 Å². The van der Waals surface area contributed by atoms with Crippen LogP contribution < -0.4 is 0 Å². The van der Waals surface area contributed by atoms with Crippen LogP contribution in [0.15, 0.2) is 28.9 Å². The maximum absolute atomic E-state index is 13.3. The Kier molecular flexibility index (Phi) is 4.06. The molecule has 0 bridgehead atoms. The fourth-order valence-corrected chi connectivity index (χ4v) is 2.50.